The average Bonchev–Trinajstić information content (AvgIpc) is 2.51. The molecule has 0 saturated heterocycles. The van der Waals surface area contributed by atoms with Gasteiger partial charge >= 0.3 is 0 Å². The van der Waals surface area contributed by atoms with Crippen LogP contribution in [-0.4, -0.2) is 0 Å². The smallest absolute Gasteiger partial charge is 0.142 e. The maximum Gasteiger partial charge on any atom is 0.142 e. The third-order valence-electron chi connectivity index (χ3n) is 3.22. The predicted octanol–water partition coefficient (Wildman–Crippen LogP) is 7.05. The molecule has 21 heavy (non-hydrogen) atoms. The van der Waals surface area contributed by atoms with E-state index in [2.05, 4.69) is 66.0 Å². The minimum Gasteiger partial charge on any atom is -0.456 e. The van der Waals surface area contributed by atoms with Crippen LogP contribution in [0.15, 0.2) is 63.5 Å². The first-order valence-corrected chi connectivity index (χ1v) is 9.09. The van der Waals surface area contributed by atoms with E-state index >= 15 is 0 Å². The van der Waals surface area contributed by atoms with Crippen LogP contribution >= 0.6 is 47.8 Å². The van der Waals surface area contributed by atoms with E-state index in [0.29, 0.717) is 0 Å². The lowest BCUT2D eigenvalue weighted by molar-refractivity contribution is 0.476. The second-order valence-corrected chi connectivity index (χ2v) is 6.86. The number of halogens is 3. The zero-order valence-electron chi connectivity index (χ0n) is 10.9. The van der Waals surface area contributed by atoms with Crippen LogP contribution in [0.25, 0.3) is 10.8 Å². The topological polar surface area (TPSA) is 9.23 Å². The Kier molecular flexibility index (Phi) is 4.67. The largest absolute Gasteiger partial charge is 0.456 e. The highest BCUT2D eigenvalue weighted by atomic mass is 79.9. The van der Waals surface area contributed by atoms with Crippen molar-refractivity contribution < 1.29 is 4.74 Å². The van der Waals surface area contributed by atoms with E-state index in [1.807, 2.05) is 36.4 Å². The number of benzene rings is 3. The Morgan fingerprint density at radius 2 is 1.67 bits per heavy atom. The van der Waals surface area contributed by atoms with Gasteiger partial charge in [-0.1, -0.05) is 68.3 Å². The zero-order valence-corrected chi connectivity index (χ0v) is 15.7. The predicted molar refractivity (Wildman–Crippen MR) is 98.5 cm³/mol. The normalized spacial score (nSPS) is 10.8. The van der Waals surface area contributed by atoms with Gasteiger partial charge in [0.25, 0.3) is 0 Å². The van der Waals surface area contributed by atoms with Gasteiger partial charge in [0.2, 0.25) is 0 Å². The van der Waals surface area contributed by atoms with Crippen LogP contribution in [0.5, 0.6) is 11.5 Å². The molecule has 3 aromatic rings. The van der Waals surface area contributed by atoms with E-state index in [-0.39, 0.29) is 0 Å². The summed E-state index contributed by atoms with van der Waals surface area (Å²) in [5.41, 5.74) is 1.11. The van der Waals surface area contributed by atoms with Crippen LogP contribution in [0.3, 0.4) is 0 Å². The van der Waals surface area contributed by atoms with Crippen molar-refractivity contribution in [3.8, 4) is 11.5 Å². The molecule has 0 aliphatic heterocycles. The first-order valence-electron chi connectivity index (χ1n) is 6.38. The van der Waals surface area contributed by atoms with Crippen molar-refractivity contribution in [3.05, 3.63) is 69.1 Å². The SMILES string of the molecule is BrCc1ccc(Br)cc1Oc1ccc2ccccc2c1Br. The van der Waals surface area contributed by atoms with Gasteiger partial charge in [-0.15, -0.1) is 0 Å². The molecule has 0 aliphatic rings. The molecule has 0 atom stereocenters. The highest BCUT2D eigenvalue weighted by molar-refractivity contribution is 9.11. The van der Waals surface area contributed by atoms with Crippen LogP contribution in [0, 0.1) is 0 Å². The Morgan fingerprint density at radius 3 is 2.48 bits per heavy atom. The van der Waals surface area contributed by atoms with Crippen molar-refractivity contribution in [3.63, 3.8) is 0 Å². The average molecular weight is 471 g/mol. The molecule has 0 N–H and O–H groups in total. The minimum absolute atomic E-state index is 0.751. The molecule has 0 spiro atoms. The molecule has 3 rings (SSSR count). The van der Waals surface area contributed by atoms with Gasteiger partial charge in [0.05, 0.1) is 4.47 Å². The lowest BCUT2D eigenvalue weighted by Crippen LogP contribution is -1.91. The van der Waals surface area contributed by atoms with Gasteiger partial charge in [-0.3, -0.25) is 0 Å². The fourth-order valence-electron chi connectivity index (χ4n) is 2.14. The molecule has 0 radical (unpaired) electrons. The van der Waals surface area contributed by atoms with Gasteiger partial charge in [0, 0.05) is 15.4 Å². The molecular weight excluding hydrogens is 460 g/mol. The molecule has 0 heterocycles. The zero-order chi connectivity index (χ0) is 14.8. The van der Waals surface area contributed by atoms with E-state index in [0.717, 1.165) is 36.7 Å². The quantitative estimate of drug-likeness (QED) is 0.372. The van der Waals surface area contributed by atoms with Gasteiger partial charge in [-0.25, -0.2) is 0 Å². The van der Waals surface area contributed by atoms with Crippen molar-refractivity contribution in [2.75, 3.05) is 0 Å². The summed E-state index contributed by atoms with van der Waals surface area (Å²) < 4.78 is 8.09. The minimum atomic E-state index is 0.751. The van der Waals surface area contributed by atoms with E-state index in [4.69, 9.17) is 4.74 Å². The summed E-state index contributed by atoms with van der Waals surface area (Å²) in [7, 11) is 0. The summed E-state index contributed by atoms with van der Waals surface area (Å²) in [6.07, 6.45) is 0. The highest BCUT2D eigenvalue weighted by Crippen LogP contribution is 2.37. The monoisotopic (exact) mass is 468 g/mol. The Hall–Kier alpha value is -0.840. The van der Waals surface area contributed by atoms with Crippen LogP contribution in [-0.2, 0) is 5.33 Å². The van der Waals surface area contributed by atoms with E-state index in [1.54, 1.807) is 0 Å². The van der Waals surface area contributed by atoms with Crippen molar-refractivity contribution in [1.82, 2.24) is 0 Å². The molecule has 0 aliphatic carbocycles. The lowest BCUT2D eigenvalue weighted by atomic mass is 10.1. The third kappa shape index (κ3) is 3.17. The highest BCUT2D eigenvalue weighted by Gasteiger charge is 2.10. The molecular formula is C17H11Br3O. The molecule has 0 aromatic heterocycles. The first-order chi connectivity index (χ1) is 10.2. The molecule has 0 unspecified atom stereocenters. The maximum absolute atomic E-state index is 6.11. The van der Waals surface area contributed by atoms with Crippen molar-refractivity contribution >= 4 is 58.6 Å². The summed E-state index contributed by atoms with van der Waals surface area (Å²) >= 11 is 10.6. The fraction of sp³-hybridized carbons (Fsp3) is 0.0588. The molecule has 106 valence electrons. The van der Waals surface area contributed by atoms with Gasteiger partial charge < -0.3 is 4.74 Å². The second-order valence-electron chi connectivity index (χ2n) is 4.59. The Morgan fingerprint density at radius 1 is 0.857 bits per heavy atom. The lowest BCUT2D eigenvalue weighted by Gasteiger charge is -2.13. The van der Waals surface area contributed by atoms with Gasteiger partial charge in [0.15, 0.2) is 0 Å². The number of fused-ring (bicyclic) bond motifs is 1. The van der Waals surface area contributed by atoms with Crippen molar-refractivity contribution in [1.29, 1.82) is 0 Å². The van der Waals surface area contributed by atoms with E-state index in [9.17, 15) is 0 Å². The number of hydrogen-bond acceptors (Lipinski definition) is 1. The fourth-order valence-corrected chi connectivity index (χ4v) is 3.52. The number of ether oxygens (including phenoxy) is 1. The Balaban J connectivity index is 2.06. The van der Waals surface area contributed by atoms with E-state index < -0.39 is 0 Å². The first kappa shape index (κ1) is 15.1. The molecule has 0 bridgehead atoms. The molecule has 0 amide bonds. The number of alkyl halides is 1. The summed E-state index contributed by atoms with van der Waals surface area (Å²) in [5, 5.41) is 3.08. The van der Waals surface area contributed by atoms with Crippen LogP contribution in [0.1, 0.15) is 5.56 Å². The van der Waals surface area contributed by atoms with Crippen LogP contribution in [0.2, 0.25) is 0 Å². The van der Waals surface area contributed by atoms with Crippen LogP contribution in [0.4, 0.5) is 0 Å². The molecule has 0 fully saturated rings. The Bertz CT molecular complexity index is 799. The number of hydrogen-bond donors (Lipinski definition) is 0. The number of rotatable bonds is 3. The summed E-state index contributed by atoms with van der Waals surface area (Å²) in [6.45, 7) is 0. The van der Waals surface area contributed by atoms with Gasteiger partial charge in [0.1, 0.15) is 11.5 Å². The molecule has 4 heteroatoms. The maximum atomic E-state index is 6.11. The summed E-state index contributed by atoms with van der Waals surface area (Å²) in [4.78, 5) is 0. The molecule has 0 saturated carbocycles. The molecule has 1 nitrogen and oxygen atoms in total. The second kappa shape index (κ2) is 6.51. The standard InChI is InChI=1S/C17H11Br3O/c18-10-12-5-7-13(19)9-16(12)21-15-8-6-11-3-1-2-4-14(11)17(15)20/h1-9H,10H2. The Labute approximate surface area is 148 Å². The van der Waals surface area contributed by atoms with Gasteiger partial charge in [-0.05, 0) is 44.9 Å². The summed E-state index contributed by atoms with van der Waals surface area (Å²) in [6, 6.07) is 18.3. The van der Waals surface area contributed by atoms with Crippen molar-refractivity contribution in [2.24, 2.45) is 0 Å². The van der Waals surface area contributed by atoms with Crippen LogP contribution < -0.4 is 4.74 Å². The third-order valence-corrected chi connectivity index (χ3v) is 5.14. The van der Waals surface area contributed by atoms with E-state index in [1.165, 1.54) is 5.39 Å². The summed E-state index contributed by atoms with van der Waals surface area (Å²) in [5.74, 6) is 1.66. The molecule has 3 aromatic carbocycles. The van der Waals surface area contributed by atoms with Crippen molar-refractivity contribution in [2.45, 2.75) is 5.33 Å². The van der Waals surface area contributed by atoms with Gasteiger partial charge in [-0.2, -0.15) is 0 Å².